The van der Waals surface area contributed by atoms with Gasteiger partial charge in [0.05, 0.1) is 11.4 Å². The van der Waals surface area contributed by atoms with E-state index in [-0.39, 0.29) is 0 Å². The second-order valence-corrected chi connectivity index (χ2v) is 5.22. The second kappa shape index (κ2) is 6.85. The van der Waals surface area contributed by atoms with Gasteiger partial charge < -0.3 is 0 Å². The van der Waals surface area contributed by atoms with Gasteiger partial charge in [-0.1, -0.05) is 22.4 Å². The van der Waals surface area contributed by atoms with Crippen molar-refractivity contribution in [2.24, 2.45) is 20.5 Å². The number of hydrogen-bond acceptors (Lipinski definition) is 3. The molecule has 0 bridgehead atoms. The molecular formula is C17H18N4O. The first-order valence-corrected chi connectivity index (χ1v) is 6.97. The van der Waals surface area contributed by atoms with Gasteiger partial charge in [-0.3, -0.25) is 0 Å². The summed E-state index contributed by atoms with van der Waals surface area (Å²) < 4.78 is 0. The molecule has 0 saturated carbocycles. The van der Waals surface area contributed by atoms with Crippen LogP contribution in [0.4, 0.5) is 16.2 Å². The lowest BCUT2D eigenvalue weighted by Crippen LogP contribution is -1.82. The number of rotatable bonds is 2. The van der Waals surface area contributed by atoms with Crippen molar-refractivity contribution >= 4 is 17.4 Å². The average molecular weight is 294 g/mol. The molecule has 0 unspecified atom stereocenters. The number of azo groups is 2. The lowest BCUT2D eigenvalue weighted by molar-refractivity contribution is 0.254. The highest BCUT2D eigenvalue weighted by atomic mass is 16.2. The van der Waals surface area contributed by atoms with Gasteiger partial charge in [-0.15, -0.1) is 10.2 Å². The minimum atomic E-state index is -0.726. The zero-order valence-electron chi connectivity index (χ0n) is 13.2. The summed E-state index contributed by atoms with van der Waals surface area (Å²) in [6.45, 7) is 7.99. The summed E-state index contributed by atoms with van der Waals surface area (Å²) in [6.07, 6.45) is 0. The molecule has 2 aromatic rings. The second-order valence-electron chi connectivity index (χ2n) is 5.22. The first kappa shape index (κ1) is 15.7. The SMILES string of the molecule is Cc1ccc(N=NC(=O)N=Nc2ccc(C)c(C)c2)cc1C. The van der Waals surface area contributed by atoms with Gasteiger partial charge in [0.1, 0.15) is 0 Å². The molecule has 5 nitrogen and oxygen atoms in total. The Bertz CT molecular complexity index is 700. The first-order chi connectivity index (χ1) is 10.5. The molecule has 22 heavy (non-hydrogen) atoms. The van der Waals surface area contributed by atoms with Crippen molar-refractivity contribution < 1.29 is 4.79 Å². The molecule has 0 spiro atoms. The summed E-state index contributed by atoms with van der Waals surface area (Å²) in [6, 6.07) is 10.5. The van der Waals surface area contributed by atoms with E-state index in [9.17, 15) is 4.79 Å². The van der Waals surface area contributed by atoms with Gasteiger partial charge in [0.2, 0.25) is 0 Å². The van der Waals surface area contributed by atoms with Gasteiger partial charge in [0.15, 0.2) is 0 Å². The van der Waals surface area contributed by atoms with Crippen LogP contribution in [0, 0.1) is 27.7 Å². The van der Waals surface area contributed by atoms with Crippen molar-refractivity contribution in [1.29, 1.82) is 0 Å². The minimum Gasteiger partial charge on any atom is -0.240 e. The normalized spacial score (nSPS) is 11.5. The van der Waals surface area contributed by atoms with Crippen LogP contribution in [0.2, 0.25) is 0 Å². The van der Waals surface area contributed by atoms with E-state index >= 15 is 0 Å². The van der Waals surface area contributed by atoms with Crippen LogP contribution in [0.3, 0.4) is 0 Å². The molecular weight excluding hydrogens is 276 g/mol. The summed E-state index contributed by atoms with van der Waals surface area (Å²) in [4.78, 5) is 11.6. The first-order valence-electron chi connectivity index (χ1n) is 6.97. The fourth-order valence-electron chi connectivity index (χ4n) is 1.80. The Labute approximate surface area is 129 Å². The summed E-state index contributed by atoms with van der Waals surface area (Å²) >= 11 is 0. The highest BCUT2D eigenvalue weighted by Crippen LogP contribution is 2.19. The molecule has 0 aliphatic heterocycles. The molecule has 112 valence electrons. The van der Waals surface area contributed by atoms with Crippen LogP contribution in [-0.4, -0.2) is 6.03 Å². The van der Waals surface area contributed by atoms with Crippen LogP contribution >= 0.6 is 0 Å². The Morgan fingerprint density at radius 3 is 1.45 bits per heavy atom. The number of nitrogens with zero attached hydrogens (tertiary/aromatic N) is 4. The van der Waals surface area contributed by atoms with Crippen molar-refractivity contribution in [2.45, 2.75) is 27.7 Å². The standard InChI is InChI=1S/C17H18N4O/c1-11-5-7-15(9-13(11)3)18-20-17(22)21-19-16-8-6-12(2)14(4)10-16/h5-10H,1-4H3. The third kappa shape index (κ3) is 4.15. The van der Waals surface area contributed by atoms with Gasteiger partial charge in [0.25, 0.3) is 0 Å². The number of carbonyl (C=O) groups excluding carboxylic acids is 1. The molecule has 2 rings (SSSR count). The summed E-state index contributed by atoms with van der Waals surface area (Å²) in [7, 11) is 0. The van der Waals surface area contributed by atoms with Crippen LogP contribution in [0.5, 0.6) is 0 Å². The molecule has 0 aliphatic carbocycles. The van der Waals surface area contributed by atoms with E-state index in [2.05, 4.69) is 20.5 Å². The van der Waals surface area contributed by atoms with Crippen molar-refractivity contribution in [3.63, 3.8) is 0 Å². The lowest BCUT2D eigenvalue weighted by Gasteiger charge is -1.99. The summed E-state index contributed by atoms with van der Waals surface area (Å²) in [5, 5.41) is 14.8. The highest BCUT2D eigenvalue weighted by molar-refractivity contribution is 5.75. The Morgan fingerprint density at radius 2 is 1.09 bits per heavy atom. The summed E-state index contributed by atoms with van der Waals surface area (Å²) in [5.74, 6) is 0. The predicted molar refractivity (Wildman–Crippen MR) is 86.3 cm³/mol. The Kier molecular flexibility index (Phi) is 4.88. The van der Waals surface area contributed by atoms with Crippen LogP contribution in [0.1, 0.15) is 22.3 Å². The van der Waals surface area contributed by atoms with Crippen molar-refractivity contribution in [3.8, 4) is 0 Å². The summed E-state index contributed by atoms with van der Waals surface area (Å²) in [5.41, 5.74) is 5.77. The van der Waals surface area contributed by atoms with Gasteiger partial charge in [-0.25, -0.2) is 4.79 Å². The fourth-order valence-corrected chi connectivity index (χ4v) is 1.80. The van der Waals surface area contributed by atoms with E-state index in [0.717, 1.165) is 11.1 Å². The minimum absolute atomic E-state index is 0.623. The van der Waals surface area contributed by atoms with E-state index in [1.807, 2.05) is 52.0 Å². The van der Waals surface area contributed by atoms with E-state index < -0.39 is 6.03 Å². The maximum Gasteiger partial charge on any atom is 0.404 e. The van der Waals surface area contributed by atoms with Crippen LogP contribution in [0.15, 0.2) is 56.9 Å². The Morgan fingerprint density at radius 1 is 0.682 bits per heavy atom. The largest absolute Gasteiger partial charge is 0.404 e. The maximum absolute atomic E-state index is 11.6. The number of carbonyl (C=O) groups is 1. The number of amides is 2. The molecule has 0 aromatic heterocycles. The molecule has 0 fully saturated rings. The zero-order valence-corrected chi connectivity index (χ0v) is 13.2. The molecule has 0 saturated heterocycles. The number of benzene rings is 2. The van der Waals surface area contributed by atoms with E-state index in [1.54, 1.807) is 12.1 Å². The molecule has 2 amide bonds. The molecule has 0 atom stereocenters. The maximum atomic E-state index is 11.6. The monoisotopic (exact) mass is 294 g/mol. The smallest absolute Gasteiger partial charge is 0.240 e. The number of hydrogen-bond donors (Lipinski definition) is 0. The average Bonchev–Trinajstić information content (AvgIpc) is 2.49. The molecule has 5 heteroatoms. The van der Waals surface area contributed by atoms with E-state index in [1.165, 1.54) is 11.1 Å². The molecule has 0 radical (unpaired) electrons. The highest BCUT2D eigenvalue weighted by Gasteiger charge is 1.99. The third-order valence-electron chi connectivity index (χ3n) is 3.48. The van der Waals surface area contributed by atoms with E-state index in [4.69, 9.17) is 0 Å². The number of urea groups is 1. The zero-order chi connectivity index (χ0) is 16.1. The fraction of sp³-hybridized carbons (Fsp3) is 0.235. The Hall–Kier alpha value is -2.69. The van der Waals surface area contributed by atoms with Crippen LogP contribution in [-0.2, 0) is 0 Å². The molecule has 2 aromatic carbocycles. The molecule has 0 aliphatic rings. The van der Waals surface area contributed by atoms with Gasteiger partial charge >= 0.3 is 6.03 Å². The lowest BCUT2D eigenvalue weighted by atomic mass is 10.1. The Balaban J connectivity index is 2.05. The van der Waals surface area contributed by atoms with Gasteiger partial charge in [0, 0.05) is 0 Å². The predicted octanol–water partition coefficient (Wildman–Crippen LogP) is 5.91. The number of aryl methyl sites for hydroxylation is 4. The third-order valence-corrected chi connectivity index (χ3v) is 3.48. The van der Waals surface area contributed by atoms with Crippen LogP contribution < -0.4 is 0 Å². The van der Waals surface area contributed by atoms with Crippen LogP contribution in [0.25, 0.3) is 0 Å². The molecule has 0 heterocycles. The van der Waals surface area contributed by atoms with Crippen molar-refractivity contribution in [1.82, 2.24) is 0 Å². The molecule has 0 N–H and O–H groups in total. The van der Waals surface area contributed by atoms with Gasteiger partial charge in [-0.2, -0.15) is 0 Å². The van der Waals surface area contributed by atoms with Gasteiger partial charge in [-0.05, 0) is 74.2 Å². The quantitative estimate of drug-likeness (QED) is 0.635. The van der Waals surface area contributed by atoms with Crippen molar-refractivity contribution in [2.75, 3.05) is 0 Å². The topological polar surface area (TPSA) is 66.5 Å². The van der Waals surface area contributed by atoms with E-state index in [0.29, 0.717) is 11.4 Å². The van der Waals surface area contributed by atoms with Crippen molar-refractivity contribution in [3.05, 3.63) is 58.7 Å².